The Labute approximate surface area is 136 Å². The molecule has 22 heavy (non-hydrogen) atoms. The summed E-state index contributed by atoms with van der Waals surface area (Å²) < 4.78 is 0. The van der Waals surface area contributed by atoms with Crippen LogP contribution < -0.4 is 5.32 Å². The van der Waals surface area contributed by atoms with Crippen molar-refractivity contribution in [1.82, 2.24) is 0 Å². The first-order valence-electron chi connectivity index (χ1n) is 6.44. The molecule has 1 atom stereocenters. The Morgan fingerprint density at radius 2 is 1.86 bits per heavy atom. The fourth-order valence-corrected chi connectivity index (χ4v) is 2.74. The zero-order chi connectivity index (χ0) is 16.1. The van der Waals surface area contributed by atoms with Gasteiger partial charge in [0.2, 0.25) is 5.91 Å². The average Bonchev–Trinajstić information content (AvgIpc) is 2.49. The van der Waals surface area contributed by atoms with E-state index in [4.69, 9.17) is 11.6 Å². The van der Waals surface area contributed by atoms with Gasteiger partial charge in [-0.05, 0) is 37.3 Å². The van der Waals surface area contributed by atoms with Crippen LogP contribution in [0.25, 0.3) is 0 Å². The number of anilines is 1. The summed E-state index contributed by atoms with van der Waals surface area (Å²) in [6, 6.07) is 13.2. The third-order valence-corrected chi connectivity index (χ3v) is 4.22. The molecule has 0 radical (unpaired) electrons. The lowest BCUT2D eigenvalue weighted by Gasteiger charge is -2.12. The van der Waals surface area contributed by atoms with Crippen molar-refractivity contribution in [1.29, 1.82) is 0 Å². The number of nitro benzene ring substituents is 1. The first kappa shape index (κ1) is 16.3. The first-order valence-corrected chi connectivity index (χ1v) is 7.69. The van der Waals surface area contributed by atoms with Crippen molar-refractivity contribution in [3.8, 4) is 0 Å². The van der Waals surface area contributed by atoms with E-state index in [0.29, 0.717) is 5.02 Å². The quantitative estimate of drug-likeness (QED) is 0.500. The van der Waals surface area contributed by atoms with Crippen LogP contribution in [0.4, 0.5) is 11.4 Å². The van der Waals surface area contributed by atoms with Crippen LogP contribution in [-0.4, -0.2) is 16.1 Å². The fraction of sp³-hybridized carbons (Fsp3) is 0.133. The van der Waals surface area contributed by atoms with E-state index in [-0.39, 0.29) is 17.3 Å². The van der Waals surface area contributed by atoms with Crippen molar-refractivity contribution >= 4 is 40.6 Å². The van der Waals surface area contributed by atoms with Crippen LogP contribution in [0.15, 0.2) is 53.4 Å². The zero-order valence-electron chi connectivity index (χ0n) is 11.7. The topological polar surface area (TPSA) is 72.2 Å². The number of benzene rings is 2. The van der Waals surface area contributed by atoms with Gasteiger partial charge >= 0.3 is 0 Å². The molecule has 0 fully saturated rings. The minimum Gasteiger partial charge on any atom is -0.319 e. The summed E-state index contributed by atoms with van der Waals surface area (Å²) in [5.74, 6) is -0.297. The molecule has 0 aliphatic carbocycles. The van der Waals surface area contributed by atoms with Gasteiger partial charge in [0, 0.05) is 16.0 Å². The van der Waals surface area contributed by atoms with E-state index in [1.54, 1.807) is 31.2 Å². The van der Waals surface area contributed by atoms with Crippen molar-refractivity contribution in [2.24, 2.45) is 0 Å². The highest BCUT2D eigenvalue weighted by Crippen LogP contribution is 2.27. The summed E-state index contributed by atoms with van der Waals surface area (Å²) in [6.07, 6.45) is 0. The minimum absolute atomic E-state index is 0.125. The molecule has 0 aromatic heterocycles. The minimum atomic E-state index is -0.521. The van der Waals surface area contributed by atoms with E-state index in [1.165, 1.54) is 23.9 Å². The molecule has 5 nitrogen and oxygen atoms in total. The molecule has 0 spiro atoms. The maximum Gasteiger partial charge on any atom is 0.292 e. The van der Waals surface area contributed by atoms with Gasteiger partial charge in [0.1, 0.15) is 5.69 Å². The Morgan fingerprint density at radius 3 is 2.50 bits per heavy atom. The molecule has 7 heteroatoms. The summed E-state index contributed by atoms with van der Waals surface area (Å²) in [4.78, 5) is 23.5. The van der Waals surface area contributed by atoms with Crippen molar-refractivity contribution in [3.05, 3.63) is 63.7 Å². The molecule has 114 valence electrons. The molecule has 0 aliphatic rings. The standard InChI is InChI=1S/C15H13ClN2O3S/c1-10(22-12-8-6-11(16)7-9-12)15(19)17-13-4-2-3-5-14(13)18(20)21/h2-10H,1H3,(H,17,19)/t10-/m0/s1. The van der Waals surface area contributed by atoms with Crippen LogP contribution in [-0.2, 0) is 4.79 Å². The van der Waals surface area contributed by atoms with Crippen LogP contribution in [0.2, 0.25) is 5.02 Å². The van der Waals surface area contributed by atoms with Gasteiger partial charge in [-0.15, -0.1) is 11.8 Å². The largest absolute Gasteiger partial charge is 0.319 e. The van der Waals surface area contributed by atoms with Crippen molar-refractivity contribution in [3.63, 3.8) is 0 Å². The maximum atomic E-state index is 12.2. The second-order valence-corrected chi connectivity index (χ2v) is 6.33. The predicted molar refractivity (Wildman–Crippen MR) is 88.5 cm³/mol. The molecule has 0 saturated heterocycles. The smallest absolute Gasteiger partial charge is 0.292 e. The number of nitro groups is 1. The molecule has 1 N–H and O–H groups in total. The highest BCUT2D eigenvalue weighted by Gasteiger charge is 2.19. The summed E-state index contributed by atoms with van der Waals surface area (Å²) in [7, 11) is 0. The monoisotopic (exact) mass is 336 g/mol. The van der Waals surface area contributed by atoms with Gasteiger partial charge in [0.25, 0.3) is 5.69 Å². The number of amides is 1. The number of para-hydroxylation sites is 2. The maximum absolute atomic E-state index is 12.2. The second kappa shape index (κ2) is 7.29. The lowest BCUT2D eigenvalue weighted by Crippen LogP contribution is -2.22. The second-order valence-electron chi connectivity index (χ2n) is 4.48. The average molecular weight is 337 g/mol. The van der Waals surface area contributed by atoms with E-state index < -0.39 is 10.2 Å². The molecule has 1 amide bonds. The Hall–Kier alpha value is -2.05. The molecule has 0 aliphatic heterocycles. The fourth-order valence-electron chi connectivity index (χ4n) is 1.74. The molecular formula is C15H13ClN2O3S. The highest BCUT2D eigenvalue weighted by atomic mass is 35.5. The van der Waals surface area contributed by atoms with Crippen molar-refractivity contribution < 1.29 is 9.72 Å². The number of carbonyl (C=O) groups is 1. The SMILES string of the molecule is C[C@H](Sc1ccc(Cl)cc1)C(=O)Nc1ccccc1[N+](=O)[O-]. The van der Waals surface area contributed by atoms with Gasteiger partial charge in [-0.3, -0.25) is 14.9 Å². The number of rotatable bonds is 5. The number of hydrogen-bond acceptors (Lipinski definition) is 4. The first-order chi connectivity index (χ1) is 10.5. The zero-order valence-corrected chi connectivity index (χ0v) is 13.2. The Bertz CT molecular complexity index is 691. The number of halogens is 1. The lowest BCUT2D eigenvalue weighted by molar-refractivity contribution is -0.383. The van der Waals surface area contributed by atoms with Crippen molar-refractivity contribution in [2.75, 3.05) is 5.32 Å². The number of nitrogens with one attached hydrogen (secondary N) is 1. The van der Waals surface area contributed by atoms with Crippen molar-refractivity contribution in [2.45, 2.75) is 17.1 Å². The number of nitrogens with zero attached hydrogens (tertiary/aromatic N) is 1. The normalized spacial score (nSPS) is 11.7. The highest BCUT2D eigenvalue weighted by molar-refractivity contribution is 8.00. The number of thioether (sulfide) groups is 1. The summed E-state index contributed by atoms with van der Waals surface area (Å²) >= 11 is 7.17. The van der Waals surface area contributed by atoms with E-state index in [0.717, 1.165) is 4.90 Å². The van der Waals surface area contributed by atoms with Crippen LogP contribution >= 0.6 is 23.4 Å². The predicted octanol–water partition coefficient (Wildman–Crippen LogP) is 4.37. The van der Waals surface area contributed by atoms with E-state index in [2.05, 4.69) is 5.32 Å². The summed E-state index contributed by atoms with van der Waals surface area (Å²) in [6.45, 7) is 1.74. The molecular weight excluding hydrogens is 324 g/mol. The van der Waals surface area contributed by atoms with Crippen LogP contribution in [0.3, 0.4) is 0 Å². The molecule has 0 heterocycles. The Morgan fingerprint density at radius 1 is 1.23 bits per heavy atom. The third kappa shape index (κ3) is 4.22. The molecule has 2 aromatic rings. The van der Waals surface area contributed by atoms with Gasteiger partial charge < -0.3 is 5.32 Å². The third-order valence-electron chi connectivity index (χ3n) is 2.85. The van der Waals surface area contributed by atoms with E-state index >= 15 is 0 Å². The molecule has 0 unspecified atom stereocenters. The molecule has 2 rings (SSSR count). The summed E-state index contributed by atoms with van der Waals surface area (Å²) in [5.41, 5.74) is 0.0700. The van der Waals surface area contributed by atoms with Gasteiger partial charge in [-0.2, -0.15) is 0 Å². The van der Waals surface area contributed by atoms with Gasteiger partial charge in [0.05, 0.1) is 10.2 Å². The molecule has 2 aromatic carbocycles. The molecule has 0 saturated carbocycles. The van der Waals surface area contributed by atoms with Crippen LogP contribution in [0.5, 0.6) is 0 Å². The molecule has 0 bridgehead atoms. The number of hydrogen-bond donors (Lipinski definition) is 1. The van der Waals surface area contributed by atoms with Gasteiger partial charge in [0.15, 0.2) is 0 Å². The van der Waals surface area contributed by atoms with Crippen LogP contribution in [0.1, 0.15) is 6.92 Å². The van der Waals surface area contributed by atoms with Gasteiger partial charge in [-0.25, -0.2) is 0 Å². The summed E-state index contributed by atoms with van der Waals surface area (Å²) in [5, 5.41) is 13.8. The van der Waals surface area contributed by atoms with Crippen LogP contribution in [0, 0.1) is 10.1 Å². The lowest BCUT2D eigenvalue weighted by atomic mass is 10.2. The van der Waals surface area contributed by atoms with E-state index in [1.807, 2.05) is 12.1 Å². The number of carbonyl (C=O) groups excluding carboxylic acids is 1. The van der Waals surface area contributed by atoms with E-state index in [9.17, 15) is 14.9 Å². The Kier molecular flexibility index (Phi) is 5.41. The van der Waals surface area contributed by atoms with Gasteiger partial charge in [-0.1, -0.05) is 23.7 Å². The Balaban J connectivity index is 2.05.